The molecule has 4 rings (SSSR count). The third kappa shape index (κ3) is 3.12. The second kappa shape index (κ2) is 8.59. The summed E-state index contributed by atoms with van der Waals surface area (Å²) < 4.78 is 59.1. The van der Waals surface area contributed by atoms with Crippen molar-refractivity contribution in [1.82, 2.24) is 0 Å². The van der Waals surface area contributed by atoms with E-state index in [1.54, 1.807) is 6.07 Å². The van der Waals surface area contributed by atoms with Crippen LogP contribution < -0.4 is 0 Å². The lowest BCUT2D eigenvalue weighted by Crippen LogP contribution is -2.25. The first kappa shape index (κ1) is 23.5. The summed E-state index contributed by atoms with van der Waals surface area (Å²) >= 11 is 0. The monoisotopic (exact) mass is 478 g/mol. The Balaban J connectivity index is 2.18. The van der Waals surface area contributed by atoms with E-state index in [0.29, 0.717) is 0 Å². The largest absolute Gasteiger partial charge is 0.258 e. The quantitative estimate of drug-likeness (QED) is 0.213. The van der Waals surface area contributed by atoms with E-state index in [1.807, 2.05) is 12.1 Å². The van der Waals surface area contributed by atoms with Gasteiger partial charge in [-0.15, -0.1) is 0 Å². The van der Waals surface area contributed by atoms with Gasteiger partial charge in [0.1, 0.15) is 23.8 Å². The van der Waals surface area contributed by atoms with Crippen LogP contribution in [0.3, 0.4) is 0 Å². The van der Waals surface area contributed by atoms with Gasteiger partial charge in [-0.2, -0.15) is 15.8 Å². The molecule has 168 valence electrons. The van der Waals surface area contributed by atoms with E-state index in [9.17, 15) is 24.6 Å². The molecule has 0 heterocycles. The Bertz CT molecular complexity index is 1670. The summed E-state index contributed by atoms with van der Waals surface area (Å²) in [5.74, 6) is -8.06. The van der Waals surface area contributed by atoms with E-state index in [4.69, 9.17) is 19.7 Å². The smallest absolute Gasteiger partial charge is 0.250 e. The van der Waals surface area contributed by atoms with Crippen LogP contribution in [0.2, 0.25) is 0 Å². The van der Waals surface area contributed by atoms with Crippen molar-refractivity contribution >= 4 is 16.9 Å². The predicted octanol–water partition coefficient (Wildman–Crippen LogP) is 7.06. The standard InChI is InChI=1S/C26H6F4N6/c1-34-18-6-14-13-4-11(8-31)12(9-32)5-15(13)20(16(14)7-19(18)35-2)17(10-33)21-22(27)24(29)26(36-3)25(30)23(21)28/h4-7,21-22H/b20-17-. The topological polar surface area (TPSA) is 84.4 Å². The van der Waals surface area contributed by atoms with Gasteiger partial charge in [-0.05, 0) is 34.4 Å². The van der Waals surface area contributed by atoms with E-state index in [1.165, 1.54) is 24.3 Å². The number of hydrogen-bond donors (Lipinski definition) is 0. The van der Waals surface area contributed by atoms with Gasteiger partial charge >= 0.3 is 0 Å². The number of hydrogen-bond acceptors (Lipinski definition) is 3. The van der Waals surface area contributed by atoms with Crippen molar-refractivity contribution in [1.29, 1.82) is 15.8 Å². The Morgan fingerprint density at radius 2 is 1.25 bits per heavy atom. The van der Waals surface area contributed by atoms with E-state index in [2.05, 4.69) is 14.5 Å². The Hall–Kier alpha value is -5.68. The lowest BCUT2D eigenvalue weighted by atomic mass is 9.82. The molecule has 6 nitrogen and oxygen atoms in total. The molecule has 0 amide bonds. The van der Waals surface area contributed by atoms with Crippen molar-refractivity contribution in [2.24, 2.45) is 5.92 Å². The summed E-state index contributed by atoms with van der Waals surface area (Å²) in [6.07, 6.45) is -2.90. The number of halogens is 4. The van der Waals surface area contributed by atoms with E-state index in [0.717, 1.165) is 0 Å². The molecule has 0 aliphatic heterocycles. The zero-order valence-corrected chi connectivity index (χ0v) is 17.7. The fourth-order valence-electron chi connectivity index (χ4n) is 4.25. The van der Waals surface area contributed by atoms with Crippen molar-refractivity contribution in [3.8, 4) is 29.3 Å². The normalized spacial score (nSPS) is 19.1. The van der Waals surface area contributed by atoms with Gasteiger partial charge in [0.05, 0.1) is 48.4 Å². The summed E-state index contributed by atoms with van der Waals surface area (Å²) in [4.78, 5) is 9.05. The number of rotatable bonds is 1. The molecule has 2 unspecified atom stereocenters. The molecule has 0 radical (unpaired) electrons. The number of allylic oxidation sites excluding steroid dienone is 4. The van der Waals surface area contributed by atoms with Gasteiger partial charge < -0.3 is 0 Å². The maximum absolute atomic E-state index is 15.1. The third-order valence-electron chi connectivity index (χ3n) is 5.85. The molecule has 0 bridgehead atoms. The van der Waals surface area contributed by atoms with E-state index >= 15 is 8.78 Å². The zero-order chi connectivity index (χ0) is 26.3. The van der Waals surface area contributed by atoms with Gasteiger partial charge in [0.15, 0.2) is 23.4 Å². The lowest BCUT2D eigenvalue weighted by Gasteiger charge is -2.25. The van der Waals surface area contributed by atoms with Crippen molar-refractivity contribution in [3.05, 3.63) is 110 Å². The highest BCUT2D eigenvalue weighted by Crippen LogP contribution is 2.53. The molecule has 2 atom stereocenters. The summed E-state index contributed by atoms with van der Waals surface area (Å²) in [7, 11) is 0. The molecule has 0 fully saturated rings. The van der Waals surface area contributed by atoms with Crippen molar-refractivity contribution in [3.63, 3.8) is 0 Å². The third-order valence-corrected chi connectivity index (χ3v) is 5.85. The van der Waals surface area contributed by atoms with Crippen LogP contribution in [0.1, 0.15) is 22.3 Å². The SMILES string of the molecule is [C-]#[N+]C1=C(F)C(F)C(/C(C#N)=C2/c3cc(C#N)c(C#N)cc3-c3cc([N+]#[C-])c([N+]#[C-])cc32)C(F)=C1F. The van der Waals surface area contributed by atoms with Crippen molar-refractivity contribution in [2.75, 3.05) is 0 Å². The summed E-state index contributed by atoms with van der Waals surface area (Å²) in [5, 5.41) is 28.9. The number of alkyl halides is 1. The average Bonchev–Trinajstić information content (AvgIpc) is 3.20. The highest BCUT2D eigenvalue weighted by atomic mass is 19.2. The molecular formula is C26H6F4N6. The first-order valence-electron chi connectivity index (χ1n) is 9.81. The van der Waals surface area contributed by atoms with Crippen LogP contribution >= 0.6 is 0 Å². The highest BCUT2D eigenvalue weighted by Gasteiger charge is 2.44. The van der Waals surface area contributed by atoms with Gasteiger partial charge in [-0.25, -0.2) is 22.4 Å². The molecule has 2 aliphatic carbocycles. The van der Waals surface area contributed by atoms with Crippen LogP contribution in [-0.2, 0) is 0 Å². The van der Waals surface area contributed by atoms with Gasteiger partial charge in [-0.3, -0.25) is 9.69 Å². The van der Waals surface area contributed by atoms with Crippen LogP contribution in [-0.4, -0.2) is 6.17 Å². The second-order valence-electron chi connectivity index (χ2n) is 7.53. The molecule has 0 saturated carbocycles. The second-order valence-corrected chi connectivity index (χ2v) is 7.53. The zero-order valence-electron chi connectivity index (χ0n) is 17.7. The van der Waals surface area contributed by atoms with E-state index < -0.39 is 40.8 Å². The first-order valence-corrected chi connectivity index (χ1v) is 9.81. The summed E-state index contributed by atoms with van der Waals surface area (Å²) in [6, 6.07) is 10.2. The minimum Gasteiger partial charge on any atom is -0.250 e. The van der Waals surface area contributed by atoms with Gasteiger partial charge in [0.2, 0.25) is 0 Å². The molecule has 36 heavy (non-hydrogen) atoms. The average molecular weight is 478 g/mol. The minimum atomic E-state index is -2.90. The molecule has 2 aromatic rings. The number of nitriles is 3. The minimum absolute atomic E-state index is 0.0518. The predicted molar refractivity (Wildman–Crippen MR) is 118 cm³/mol. The maximum atomic E-state index is 15.1. The number of nitrogens with zero attached hydrogens (tertiary/aromatic N) is 6. The van der Waals surface area contributed by atoms with Crippen LogP contribution in [0.25, 0.3) is 31.2 Å². The van der Waals surface area contributed by atoms with Crippen LogP contribution in [0.15, 0.2) is 53.0 Å². The van der Waals surface area contributed by atoms with Crippen molar-refractivity contribution < 1.29 is 17.6 Å². The summed E-state index contributed by atoms with van der Waals surface area (Å²) in [6.45, 7) is 21.5. The van der Waals surface area contributed by atoms with Crippen LogP contribution in [0.4, 0.5) is 28.9 Å². The van der Waals surface area contributed by atoms with Crippen LogP contribution in [0, 0.1) is 59.6 Å². The van der Waals surface area contributed by atoms with Gasteiger partial charge in [-0.1, -0.05) is 12.1 Å². The Morgan fingerprint density at radius 3 is 1.75 bits per heavy atom. The Labute approximate surface area is 201 Å². The van der Waals surface area contributed by atoms with Gasteiger partial charge in [0.25, 0.3) is 5.70 Å². The van der Waals surface area contributed by atoms with Crippen molar-refractivity contribution in [2.45, 2.75) is 6.17 Å². The van der Waals surface area contributed by atoms with Crippen LogP contribution in [0.5, 0.6) is 0 Å². The molecule has 0 N–H and O–H groups in total. The highest BCUT2D eigenvalue weighted by molar-refractivity contribution is 6.06. The lowest BCUT2D eigenvalue weighted by molar-refractivity contribution is 0.241. The summed E-state index contributed by atoms with van der Waals surface area (Å²) in [5.41, 5.74) is -2.31. The molecule has 10 heteroatoms. The fraction of sp³-hybridized carbons (Fsp3) is 0.0769. The van der Waals surface area contributed by atoms with Gasteiger partial charge in [0, 0.05) is 5.57 Å². The Kier molecular flexibility index (Phi) is 5.60. The maximum Gasteiger partial charge on any atom is 0.258 e. The molecule has 2 aromatic carbocycles. The number of fused-ring (bicyclic) bond motifs is 3. The first-order chi connectivity index (χ1) is 17.3. The molecule has 0 saturated heterocycles. The fourth-order valence-corrected chi connectivity index (χ4v) is 4.25. The Morgan fingerprint density at radius 1 is 0.750 bits per heavy atom. The molecule has 2 aliphatic rings. The molecule has 0 aromatic heterocycles. The van der Waals surface area contributed by atoms with E-state index in [-0.39, 0.29) is 50.3 Å². The molecule has 0 spiro atoms. The number of benzene rings is 2. The molecular weight excluding hydrogens is 472 g/mol.